The monoisotopic (exact) mass is 486 g/mol. The number of fused-ring (bicyclic) bond motifs is 4. The highest BCUT2D eigenvalue weighted by atomic mass is 32.2. The highest BCUT2D eigenvalue weighted by Crippen LogP contribution is 2.61. The largest absolute Gasteiger partial charge is 0.324 e. The second kappa shape index (κ2) is 8.00. The standard InChI is InChI=1S/C26H22N4O4S/c1-15-5-10-19-18(12-15)26(25(32)28-19)23(24(31)20-4-2-3-11-27-20)22(21-13-35-14-29(21)26)16-6-8-17(9-7-16)30(33)34/h2-12,21-23H,13-14H2,1H3,(H,28,32)/t21?,22?,23?,26-/m1/s1. The van der Waals surface area contributed by atoms with E-state index in [1.54, 1.807) is 48.3 Å². The maximum Gasteiger partial charge on any atom is 0.269 e. The maximum absolute atomic E-state index is 14.3. The number of ketones is 1. The van der Waals surface area contributed by atoms with E-state index in [1.165, 1.54) is 12.1 Å². The second-order valence-electron chi connectivity index (χ2n) is 9.24. The normalized spacial score (nSPS) is 27.0. The first kappa shape index (κ1) is 21.9. The summed E-state index contributed by atoms with van der Waals surface area (Å²) in [6.45, 7) is 1.98. The number of benzene rings is 2. The molecule has 176 valence electrons. The van der Waals surface area contributed by atoms with Gasteiger partial charge < -0.3 is 5.32 Å². The molecular formula is C26H22N4O4S. The summed E-state index contributed by atoms with van der Waals surface area (Å²) in [5, 5.41) is 14.3. The van der Waals surface area contributed by atoms with Gasteiger partial charge in [0, 0.05) is 53.2 Å². The van der Waals surface area contributed by atoms with Gasteiger partial charge in [0.25, 0.3) is 5.69 Å². The number of hydrogen-bond donors (Lipinski definition) is 1. The molecule has 3 aromatic rings. The Bertz CT molecular complexity index is 1360. The summed E-state index contributed by atoms with van der Waals surface area (Å²) in [5.41, 5.74) is 2.47. The van der Waals surface area contributed by atoms with Crippen LogP contribution in [0.5, 0.6) is 0 Å². The quantitative estimate of drug-likeness (QED) is 0.336. The zero-order valence-corrected chi connectivity index (χ0v) is 19.7. The molecule has 1 amide bonds. The highest BCUT2D eigenvalue weighted by Gasteiger charge is 2.69. The first-order chi connectivity index (χ1) is 16.9. The number of non-ortho nitro benzene ring substituents is 1. The third kappa shape index (κ3) is 3.08. The lowest BCUT2D eigenvalue weighted by atomic mass is 9.70. The van der Waals surface area contributed by atoms with Crippen molar-refractivity contribution in [3.05, 3.63) is 99.4 Å². The average molecular weight is 487 g/mol. The molecule has 3 aliphatic rings. The van der Waals surface area contributed by atoms with E-state index in [1.807, 2.05) is 25.1 Å². The number of nitrogens with one attached hydrogen (secondary N) is 1. The molecule has 2 fully saturated rings. The number of nitro groups is 1. The molecule has 0 bridgehead atoms. The van der Waals surface area contributed by atoms with Crippen LogP contribution >= 0.6 is 11.8 Å². The molecule has 3 unspecified atom stereocenters. The summed E-state index contributed by atoms with van der Waals surface area (Å²) in [5.74, 6) is -0.113. The van der Waals surface area contributed by atoms with Crippen LogP contribution in [0.2, 0.25) is 0 Å². The Hall–Kier alpha value is -3.56. The number of nitrogens with zero attached hydrogens (tertiary/aromatic N) is 3. The SMILES string of the molecule is Cc1ccc2c(c1)[C@]1(C(=O)N2)C(C(=O)c2ccccn2)C(c2ccc([N+](=O)[O-])cc2)C2CSCN21. The molecule has 1 spiro atoms. The van der Waals surface area contributed by atoms with Gasteiger partial charge in [-0.3, -0.25) is 29.6 Å². The fraction of sp³-hybridized carbons (Fsp3) is 0.269. The third-order valence-corrected chi connectivity index (χ3v) is 8.50. The van der Waals surface area contributed by atoms with Gasteiger partial charge >= 0.3 is 0 Å². The van der Waals surface area contributed by atoms with Crippen molar-refractivity contribution in [3.63, 3.8) is 0 Å². The lowest BCUT2D eigenvalue weighted by Crippen LogP contribution is -2.52. The first-order valence-corrected chi connectivity index (χ1v) is 12.5. The van der Waals surface area contributed by atoms with Gasteiger partial charge in [0.15, 0.2) is 5.78 Å². The molecule has 3 aliphatic heterocycles. The molecule has 2 aromatic carbocycles. The van der Waals surface area contributed by atoms with Crippen molar-refractivity contribution >= 4 is 34.8 Å². The van der Waals surface area contributed by atoms with Crippen molar-refractivity contribution in [2.45, 2.75) is 24.4 Å². The van der Waals surface area contributed by atoms with Crippen molar-refractivity contribution in [3.8, 4) is 0 Å². The van der Waals surface area contributed by atoms with Gasteiger partial charge in [0.2, 0.25) is 5.91 Å². The molecule has 2 saturated heterocycles. The summed E-state index contributed by atoms with van der Waals surface area (Å²) >= 11 is 1.73. The van der Waals surface area contributed by atoms with Crippen LogP contribution in [0.4, 0.5) is 11.4 Å². The number of anilines is 1. The molecular weight excluding hydrogens is 464 g/mol. The van der Waals surface area contributed by atoms with Gasteiger partial charge in [-0.15, -0.1) is 11.8 Å². The minimum absolute atomic E-state index is 0.00806. The molecule has 4 heterocycles. The van der Waals surface area contributed by atoms with E-state index in [0.717, 1.165) is 28.1 Å². The van der Waals surface area contributed by atoms with Crippen LogP contribution in [0.1, 0.15) is 33.1 Å². The van der Waals surface area contributed by atoms with Crippen LogP contribution in [0.15, 0.2) is 66.9 Å². The van der Waals surface area contributed by atoms with Crippen LogP contribution in [0.25, 0.3) is 0 Å². The van der Waals surface area contributed by atoms with E-state index in [2.05, 4.69) is 15.2 Å². The Morgan fingerprint density at radius 1 is 1.20 bits per heavy atom. The third-order valence-electron chi connectivity index (χ3n) is 7.46. The van der Waals surface area contributed by atoms with Crippen molar-refractivity contribution in [2.24, 2.45) is 5.92 Å². The molecule has 1 aromatic heterocycles. The summed E-state index contributed by atoms with van der Waals surface area (Å²) in [6, 6.07) is 17.4. The smallest absolute Gasteiger partial charge is 0.269 e. The Morgan fingerprint density at radius 2 is 2.00 bits per heavy atom. The number of aromatic nitrogens is 1. The summed E-state index contributed by atoms with van der Waals surface area (Å²) < 4.78 is 0. The molecule has 35 heavy (non-hydrogen) atoms. The van der Waals surface area contributed by atoms with Gasteiger partial charge in [0.05, 0.1) is 10.8 Å². The fourth-order valence-electron chi connectivity index (χ4n) is 6.05. The number of carbonyl (C=O) groups excluding carboxylic acids is 2. The van der Waals surface area contributed by atoms with Crippen molar-refractivity contribution in [1.29, 1.82) is 0 Å². The number of Topliss-reactive ketones (excluding diaryl/α,β-unsaturated/α-hetero) is 1. The molecule has 1 N–H and O–H groups in total. The zero-order chi connectivity index (χ0) is 24.3. The Kier molecular flexibility index (Phi) is 5.01. The molecule has 9 heteroatoms. The second-order valence-corrected chi connectivity index (χ2v) is 10.2. The maximum atomic E-state index is 14.3. The minimum Gasteiger partial charge on any atom is -0.324 e. The zero-order valence-electron chi connectivity index (χ0n) is 18.9. The van der Waals surface area contributed by atoms with E-state index in [0.29, 0.717) is 11.6 Å². The van der Waals surface area contributed by atoms with Gasteiger partial charge in [-0.2, -0.15) is 0 Å². The molecule has 8 nitrogen and oxygen atoms in total. The number of hydrogen-bond acceptors (Lipinski definition) is 7. The summed E-state index contributed by atoms with van der Waals surface area (Å²) in [6.07, 6.45) is 1.58. The van der Waals surface area contributed by atoms with E-state index in [4.69, 9.17) is 0 Å². The number of amides is 1. The predicted octanol–water partition coefficient (Wildman–Crippen LogP) is 4.12. The Morgan fingerprint density at radius 3 is 2.71 bits per heavy atom. The highest BCUT2D eigenvalue weighted by molar-refractivity contribution is 7.99. The van der Waals surface area contributed by atoms with Crippen molar-refractivity contribution < 1.29 is 14.5 Å². The fourth-order valence-corrected chi connectivity index (χ4v) is 7.37. The van der Waals surface area contributed by atoms with Crippen LogP contribution < -0.4 is 5.32 Å². The lowest BCUT2D eigenvalue weighted by Gasteiger charge is -2.36. The van der Waals surface area contributed by atoms with E-state index in [-0.39, 0.29) is 29.3 Å². The average Bonchev–Trinajstić information content (AvgIpc) is 3.53. The van der Waals surface area contributed by atoms with Gasteiger partial charge in [-0.1, -0.05) is 35.9 Å². The summed E-state index contributed by atoms with van der Waals surface area (Å²) in [4.78, 5) is 45.6. The van der Waals surface area contributed by atoms with Crippen molar-refractivity contribution in [1.82, 2.24) is 9.88 Å². The van der Waals surface area contributed by atoms with Crippen molar-refractivity contribution in [2.75, 3.05) is 16.9 Å². The number of thioether (sulfide) groups is 1. The van der Waals surface area contributed by atoms with Gasteiger partial charge in [-0.05, 0) is 30.7 Å². The van der Waals surface area contributed by atoms with Gasteiger partial charge in [-0.25, -0.2) is 0 Å². The van der Waals surface area contributed by atoms with Gasteiger partial charge in [0.1, 0.15) is 11.2 Å². The van der Waals surface area contributed by atoms with Crippen LogP contribution in [-0.4, -0.2) is 44.2 Å². The minimum atomic E-state index is -1.18. The van der Waals surface area contributed by atoms with Crippen LogP contribution in [-0.2, 0) is 10.3 Å². The molecule has 0 radical (unpaired) electrons. The first-order valence-electron chi connectivity index (χ1n) is 11.4. The summed E-state index contributed by atoms with van der Waals surface area (Å²) in [7, 11) is 0. The Balaban J connectivity index is 1.60. The van der Waals surface area contributed by atoms with Crippen LogP contribution in [0.3, 0.4) is 0 Å². The van der Waals surface area contributed by atoms with Crippen LogP contribution in [0, 0.1) is 23.0 Å². The number of aryl methyl sites for hydroxylation is 1. The lowest BCUT2D eigenvalue weighted by molar-refractivity contribution is -0.384. The predicted molar refractivity (Wildman–Crippen MR) is 132 cm³/mol. The number of pyridine rings is 1. The molecule has 4 atom stereocenters. The molecule has 0 saturated carbocycles. The Labute approximate surface area is 205 Å². The molecule has 6 rings (SSSR count). The van der Waals surface area contributed by atoms with E-state index < -0.39 is 16.4 Å². The number of rotatable bonds is 4. The van der Waals surface area contributed by atoms with E-state index in [9.17, 15) is 19.7 Å². The number of nitro benzene ring substituents is 1. The molecule has 0 aliphatic carbocycles. The number of carbonyl (C=O) groups is 2. The topological polar surface area (TPSA) is 105 Å². The van der Waals surface area contributed by atoms with E-state index >= 15 is 0 Å².